The van der Waals surface area contributed by atoms with Gasteiger partial charge in [0.25, 0.3) is 0 Å². The average molecular weight is 382 g/mol. The first-order chi connectivity index (χ1) is 13.5. The molecule has 4 unspecified atom stereocenters. The number of amides is 2. The molecule has 0 bridgehead atoms. The van der Waals surface area contributed by atoms with E-state index in [1.54, 1.807) is 0 Å². The van der Waals surface area contributed by atoms with E-state index in [1.165, 1.54) is 6.42 Å². The summed E-state index contributed by atoms with van der Waals surface area (Å²) in [5, 5.41) is 15.8. The molecule has 1 aromatic carbocycles. The summed E-state index contributed by atoms with van der Waals surface area (Å²) in [6.45, 7) is 0. The Labute approximate surface area is 164 Å². The maximum absolute atomic E-state index is 12.6. The molecule has 2 aliphatic heterocycles. The van der Waals surface area contributed by atoms with Crippen molar-refractivity contribution in [1.29, 1.82) is 0 Å². The first kappa shape index (κ1) is 18.9. The summed E-state index contributed by atoms with van der Waals surface area (Å²) in [6.07, 6.45) is 9.42. The van der Waals surface area contributed by atoms with E-state index in [1.807, 2.05) is 42.5 Å². The summed E-state index contributed by atoms with van der Waals surface area (Å²) in [4.78, 5) is 37.5. The van der Waals surface area contributed by atoms with Crippen LogP contribution < -0.4 is 10.6 Å². The second-order valence-electron chi connectivity index (χ2n) is 8.28. The van der Waals surface area contributed by atoms with Gasteiger partial charge in [-0.05, 0) is 17.9 Å². The van der Waals surface area contributed by atoms with E-state index < -0.39 is 35.3 Å². The number of hydrogen-bond donors (Lipinski definition) is 3. The van der Waals surface area contributed by atoms with Gasteiger partial charge >= 0.3 is 5.97 Å². The Morgan fingerprint density at radius 2 is 1.82 bits per heavy atom. The van der Waals surface area contributed by atoms with Gasteiger partial charge < -0.3 is 5.11 Å². The molecule has 4 atom stereocenters. The third kappa shape index (κ3) is 3.26. The van der Waals surface area contributed by atoms with Crippen LogP contribution in [0.25, 0.3) is 6.08 Å². The molecule has 3 aliphatic rings. The number of hydrogen-bond acceptors (Lipinski definition) is 4. The molecular formula is C22H26N2O4. The molecule has 148 valence electrons. The van der Waals surface area contributed by atoms with Crippen molar-refractivity contribution in [3.05, 3.63) is 42.0 Å². The molecular weight excluding hydrogens is 356 g/mol. The lowest BCUT2D eigenvalue weighted by molar-refractivity contribution is -0.150. The maximum atomic E-state index is 12.6. The Hall–Kier alpha value is -2.47. The Morgan fingerprint density at radius 3 is 2.50 bits per heavy atom. The summed E-state index contributed by atoms with van der Waals surface area (Å²) < 4.78 is 0. The lowest BCUT2D eigenvalue weighted by atomic mass is 9.72. The molecule has 4 rings (SSSR count). The quantitative estimate of drug-likeness (QED) is 0.680. The van der Waals surface area contributed by atoms with Gasteiger partial charge in [0.1, 0.15) is 5.54 Å². The number of fused-ring (bicyclic) bond motifs is 1. The molecule has 1 saturated carbocycles. The first-order valence-corrected chi connectivity index (χ1v) is 10.1. The fourth-order valence-electron chi connectivity index (χ4n) is 5.24. The van der Waals surface area contributed by atoms with Gasteiger partial charge in [0.05, 0.1) is 11.8 Å². The molecule has 2 heterocycles. The Bertz CT molecular complexity index is 800. The maximum Gasteiger partial charge on any atom is 0.324 e. The van der Waals surface area contributed by atoms with E-state index >= 15 is 0 Å². The molecule has 6 nitrogen and oxygen atoms in total. The SMILES string of the molecule is O=C1NC(=O)C2C1C(C=Cc1ccccc1)NC2(CC1CCCCC1)C(=O)O. The van der Waals surface area contributed by atoms with E-state index in [4.69, 9.17) is 0 Å². The van der Waals surface area contributed by atoms with Crippen LogP contribution in [0, 0.1) is 17.8 Å². The van der Waals surface area contributed by atoms with E-state index in [9.17, 15) is 19.5 Å². The summed E-state index contributed by atoms with van der Waals surface area (Å²) in [5.41, 5.74) is -0.431. The van der Waals surface area contributed by atoms with Gasteiger partial charge in [-0.25, -0.2) is 0 Å². The highest BCUT2D eigenvalue weighted by Gasteiger charge is 2.65. The van der Waals surface area contributed by atoms with Gasteiger partial charge in [-0.3, -0.25) is 25.0 Å². The zero-order chi connectivity index (χ0) is 19.7. The second kappa shape index (κ2) is 7.51. The van der Waals surface area contributed by atoms with E-state index in [2.05, 4.69) is 10.6 Å². The molecule has 0 spiro atoms. The number of aliphatic carboxylic acids is 1. The molecule has 1 aliphatic carbocycles. The highest BCUT2D eigenvalue weighted by molar-refractivity contribution is 6.09. The van der Waals surface area contributed by atoms with Crippen molar-refractivity contribution < 1.29 is 19.5 Å². The minimum Gasteiger partial charge on any atom is -0.480 e. The smallest absolute Gasteiger partial charge is 0.324 e. The monoisotopic (exact) mass is 382 g/mol. The highest BCUT2D eigenvalue weighted by Crippen LogP contribution is 2.45. The van der Waals surface area contributed by atoms with E-state index in [-0.39, 0.29) is 11.8 Å². The van der Waals surface area contributed by atoms with Crippen molar-refractivity contribution in [3.8, 4) is 0 Å². The molecule has 2 amide bonds. The number of carboxylic acid groups (broad SMARTS) is 1. The molecule has 28 heavy (non-hydrogen) atoms. The van der Waals surface area contributed by atoms with Crippen molar-refractivity contribution >= 4 is 23.9 Å². The molecule has 1 aromatic rings. The summed E-state index contributed by atoms with van der Waals surface area (Å²) in [5.74, 6) is -3.17. The van der Waals surface area contributed by atoms with Crippen molar-refractivity contribution in [3.63, 3.8) is 0 Å². The highest BCUT2D eigenvalue weighted by atomic mass is 16.4. The van der Waals surface area contributed by atoms with Crippen LogP contribution in [-0.2, 0) is 14.4 Å². The van der Waals surface area contributed by atoms with E-state index in [0.717, 1.165) is 31.2 Å². The van der Waals surface area contributed by atoms with Crippen molar-refractivity contribution in [2.45, 2.75) is 50.1 Å². The van der Waals surface area contributed by atoms with Crippen LogP contribution >= 0.6 is 0 Å². The first-order valence-electron chi connectivity index (χ1n) is 10.1. The number of carboxylic acids is 1. The van der Waals surface area contributed by atoms with Crippen LogP contribution in [0.4, 0.5) is 0 Å². The molecule has 3 N–H and O–H groups in total. The fourth-order valence-corrected chi connectivity index (χ4v) is 5.24. The Balaban J connectivity index is 1.66. The standard InChI is InChI=1S/C22H26N2O4/c25-19-17-16(12-11-14-7-3-1-4-8-14)24-22(21(27)28,18(17)20(26)23-19)13-15-9-5-2-6-10-15/h1,3-4,7-8,11-12,15-18,24H,2,5-6,9-10,13H2,(H,27,28)(H,23,25,26). The van der Waals surface area contributed by atoms with Gasteiger partial charge in [-0.1, -0.05) is 74.6 Å². The molecule has 0 aromatic heterocycles. The van der Waals surface area contributed by atoms with Crippen LogP contribution in [0.15, 0.2) is 36.4 Å². The van der Waals surface area contributed by atoms with Crippen LogP contribution in [0.5, 0.6) is 0 Å². The zero-order valence-corrected chi connectivity index (χ0v) is 15.8. The summed E-state index contributed by atoms with van der Waals surface area (Å²) in [6, 6.07) is 9.15. The van der Waals surface area contributed by atoms with Crippen molar-refractivity contribution in [2.75, 3.05) is 0 Å². The van der Waals surface area contributed by atoms with Gasteiger partial charge in [-0.15, -0.1) is 0 Å². The minimum atomic E-state index is -1.39. The third-order valence-corrected chi connectivity index (χ3v) is 6.55. The zero-order valence-electron chi connectivity index (χ0n) is 15.8. The van der Waals surface area contributed by atoms with Gasteiger partial charge in [0.15, 0.2) is 0 Å². The number of imide groups is 1. The normalized spacial score (nSPS) is 33.2. The number of benzene rings is 1. The molecule has 0 radical (unpaired) electrons. The number of carbonyl (C=O) groups excluding carboxylic acids is 2. The summed E-state index contributed by atoms with van der Waals surface area (Å²) in [7, 11) is 0. The van der Waals surface area contributed by atoms with Crippen LogP contribution in [-0.4, -0.2) is 34.5 Å². The Kier molecular flexibility index (Phi) is 5.06. The largest absolute Gasteiger partial charge is 0.480 e. The lowest BCUT2D eigenvalue weighted by Gasteiger charge is -2.34. The molecule has 6 heteroatoms. The fraction of sp³-hybridized carbons (Fsp3) is 0.500. The predicted molar refractivity (Wildman–Crippen MR) is 104 cm³/mol. The summed E-state index contributed by atoms with van der Waals surface area (Å²) >= 11 is 0. The van der Waals surface area contributed by atoms with Crippen molar-refractivity contribution in [2.24, 2.45) is 17.8 Å². The van der Waals surface area contributed by atoms with Gasteiger partial charge in [-0.2, -0.15) is 0 Å². The number of carbonyl (C=O) groups is 3. The second-order valence-corrected chi connectivity index (χ2v) is 8.28. The van der Waals surface area contributed by atoms with Gasteiger partial charge in [0.2, 0.25) is 11.8 Å². The lowest BCUT2D eigenvalue weighted by Crippen LogP contribution is -2.57. The number of nitrogens with one attached hydrogen (secondary N) is 2. The minimum absolute atomic E-state index is 0.262. The molecule has 3 fully saturated rings. The Morgan fingerprint density at radius 1 is 1.11 bits per heavy atom. The van der Waals surface area contributed by atoms with Crippen LogP contribution in [0.1, 0.15) is 44.1 Å². The number of rotatable bonds is 5. The predicted octanol–water partition coefficient (Wildman–Crippen LogP) is 2.35. The molecule has 2 saturated heterocycles. The van der Waals surface area contributed by atoms with Gasteiger partial charge in [0, 0.05) is 6.04 Å². The van der Waals surface area contributed by atoms with Crippen LogP contribution in [0.3, 0.4) is 0 Å². The third-order valence-electron chi connectivity index (χ3n) is 6.55. The topological polar surface area (TPSA) is 95.5 Å². The van der Waals surface area contributed by atoms with Crippen LogP contribution in [0.2, 0.25) is 0 Å². The van der Waals surface area contributed by atoms with E-state index in [0.29, 0.717) is 6.42 Å². The van der Waals surface area contributed by atoms with Crippen molar-refractivity contribution in [1.82, 2.24) is 10.6 Å². The average Bonchev–Trinajstić information content (AvgIpc) is 3.19.